The van der Waals surface area contributed by atoms with Crippen LogP contribution in [0.1, 0.15) is 5.69 Å². The van der Waals surface area contributed by atoms with Gasteiger partial charge in [0.15, 0.2) is 17.3 Å². The number of rotatable bonds is 6. The predicted molar refractivity (Wildman–Crippen MR) is 92.0 cm³/mol. The average molecular weight is 359 g/mol. The molecular weight excluding hydrogens is 338 g/mol. The summed E-state index contributed by atoms with van der Waals surface area (Å²) >= 11 is 0. The summed E-state index contributed by atoms with van der Waals surface area (Å²) in [6.45, 7) is 5.02. The highest BCUT2D eigenvalue weighted by atomic mass is 16.7. The van der Waals surface area contributed by atoms with E-state index in [0.717, 1.165) is 38.4 Å². The van der Waals surface area contributed by atoms with Gasteiger partial charge in [0.05, 0.1) is 25.3 Å². The molecule has 0 radical (unpaired) electrons. The Labute approximate surface area is 151 Å². The van der Waals surface area contributed by atoms with Gasteiger partial charge in [0, 0.05) is 37.8 Å². The second-order valence-electron chi connectivity index (χ2n) is 6.23. The van der Waals surface area contributed by atoms with E-state index in [0.29, 0.717) is 29.5 Å². The number of hydrogen-bond donors (Lipinski definition) is 1. The predicted octanol–water partition coefficient (Wildman–Crippen LogP) is 1.06. The molecule has 2 aromatic rings. The van der Waals surface area contributed by atoms with E-state index in [1.165, 1.54) is 0 Å². The van der Waals surface area contributed by atoms with Crippen LogP contribution in [0.4, 0.5) is 0 Å². The van der Waals surface area contributed by atoms with E-state index < -0.39 is 0 Å². The minimum absolute atomic E-state index is 0.0659. The molecule has 26 heavy (non-hydrogen) atoms. The van der Waals surface area contributed by atoms with Crippen LogP contribution in [0.3, 0.4) is 0 Å². The lowest BCUT2D eigenvalue weighted by Gasteiger charge is -2.26. The van der Waals surface area contributed by atoms with Crippen LogP contribution >= 0.6 is 0 Å². The third-order valence-corrected chi connectivity index (χ3v) is 4.41. The summed E-state index contributed by atoms with van der Waals surface area (Å²) < 4.78 is 21.3. The lowest BCUT2D eigenvalue weighted by Crippen LogP contribution is -2.41. The summed E-state index contributed by atoms with van der Waals surface area (Å²) in [7, 11) is 0. The molecule has 8 heteroatoms. The Morgan fingerprint density at radius 2 is 2.00 bits per heavy atom. The maximum Gasteiger partial charge on any atom is 0.231 e. The molecule has 2 aliphatic rings. The lowest BCUT2D eigenvalue weighted by atomic mass is 10.1. The second kappa shape index (κ2) is 7.76. The van der Waals surface area contributed by atoms with Gasteiger partial charge in [-0.15, -0.1) is 0 Å². The van der Waals surface area contributed by atoms with Gasteiger partial charge in [0.2, 0.25) is 12.7 Å². The molecule has 1 aromatic heterocycles. The number of aromatic nitrogens is 1. The van der Waals surface area contributed by atoms with E-state index >= 15 is 0 Å². The first-order valence-electron chi connectivity index (χ1n) is 8.70. The molecule has 0 unspecified atom stereocenters. The van der Waals surface area contributed by atoms with Crippen LogP contribution in [0.5, 0.6) is 11.5 Å². The Morgan fingerprint density at radius 1 is 1.15 bits per heavy atom. The topological polar surface area (TPSA) is 86.1 Å². The minimum atomic E-state index is -0.0659. The van der Waals surface area contributed by atoms with Gasteiger partial charge in [-0.1, -0.05) is 5.16 Å². The molecule has 1 fully saturated rings. The molecular formula is C18H21N3O5. The fraction of sp³-hybridized carbons (Fsp3) is 0.444. The van der Waals surface area contributed by atoms with E-state index in [4.69, 9.17) is 18.7 Å². The normalized spacial score (nSPS) is 16.6. The Bertz CT molecular complexity index is 770. The van der Waals surface area contributed by atoms with E-state index in [-0.39, 0.29) is 19.1 Å². The van der Waals surface area contributed by atoms with Crippen molar-refractivity contribution in [2.75, 3.05) is 46.2 Å². The zero-order chi connectivity index (χ0) is 17.8. The number of morpholine rings is 1. The summed E-state index contributed by atoms with van der Waals surface area (Å²) in [5.41, 5.74) is 1.43. The lowest BCUT2D eigenvalue weighted by molar-refractivity contribution is -0.120. The molecule has 1 amide bonds. The average Bonchev–Trinajstić information content (AvgIpc) is 3.31. The maximum absolute atomic E-state index is 12.1. The van der Waals surface area contributed by atoms with Gasteiger partial charge in [-0.25, -0.2) is 0 Å². The first-order valence-corrected chi connectivity index (χ1v) is 8.70. The van der Waals surface area contributed by atoms with Crippen LogP contribution in [0, 0.1) is 0 Å². The number of amides is 1. The highest BCUT2D eigenvalue weighted by Crippen LogP contribution is 2.36. The first-order chi connectivity index (χ1) is 12.8. The van der Waals surface area contributed by atoms with Crippen LogP contribution < -0.4 is 14.8 Å². The van der Waals surface area contributed by atoms with Gasteiger partial charge < -0.3 is 24.1 Å². The number of nitrogens with zero attached hydrogens (tertiary/aromatic N) is 2. The Balaban J connectivity index is 1.28. The van der Waals surface area contributed by atoms with Crippen molar-refractivity contribution >= 4 is 5.91 Å². The number of carbonyl (C=O) groups is 1. The number of carbonyl (C=O) groups excluding carboxylic acids is 1. The minimum Gasteiger partial charge on any atom is -0.454 e. The molecule has 0 spiro atoms. The Kier molecular flexibility index (Phi) is 5.03. The number of fused-ring (bicyclic) bond motifs is 1. The van der Waals surface area contributed by atoms with Crippen molar-refractivity contribution < 1.29 is 23.5 Å². The smallest absolute Gasteiger partial charge is 0.231 e. The molecule has 3 heterocycles. The molecule has 1 aromatic carbocycles. The molecule has 4 rings (SSSR count). The van der Waals surface area contributed by atoms with Crippen LogP contribution in [0.15, 0.2) is 28.8 Å². The summed E-state index contributed by atoms with van der Waals surface area (Å²) in [5.74, 6) is 1.93. The van der Waals surface area contributed by atoms with Gasteiger partial charge in [0.25, 0.3) is 0 Å². The molecule has 2 aliphatic heterocycles. The van der Waals surface area contributed by atoms with E-state index in [1.54, 1.807) is 6.07 Å². The van der Waals surface area contributed by atoms with Crippen molar-refractivity contribution in [2.45, 2.75) is 6.42 Å². The first kappa shape index (κ1) is 16.9. The third-order valence-electron chi connectivity index (χ3n) is 4.41. The number of benzene rings is 1. The van der Waals surface area contributed by atoms with Crippen LogP contribution in [0.2, 0.25) is 0 Å². The van der Waals surface area contributed by atoms with Crippen molar-refractivity contribution in [3.05, 3.63) is 30.0 Å². The number of nitrogens with one attached hydrogen (secondary N) is 1. The molecule has 8 nitrogen and oxygen atoms in total. The summed E-state index contributed by atoms with van der Waals surface area (Å²) in [5, 5.41) is 6.91. The van der Waals surface area contributed by atoms with Gasteiger partial charge in [-0.3, -0.25) is 9.69 Å². The van der Waals surface area contributed by atoms with Crippen molar-refractivity contribution in [3.8, 4) is 22.8 Å². The Morgan fingerprint density at radius 3 is 2.88 bits per heavy atom. The highest BCUT2D eigenvalue weighted by Gasteiger charge is 2.17. The molecule has 0 atom stereocenters. The zero-order valence-electron chi connectivity index (χ0n) is 14.4. The van der Waals surface area contributed by atoms with Gasteiger partial charge >= 0.3 is 0 Å². The molecule has 0 aliphatic carbocycles. The fourth-order valence-electron chi connectivity index (χ4n) is 2.99. The van der Waals surface area contributed by atoms with Gasteiger partial charge in [0.1, 0.15) is 0 Å². The van der Waals surface area contributed by atoms with Crippen molar-refractivity contribution in [1.82, 2.24) is 15.4 Å². The summed E-state index contributed by atoms with van der Waals surface area (Å²) in [4.78, 5) is 14.4. The second-order valence-corrected chi connectivity index (χ2v) is 6.23. The maximum atomic E-state index is 12.1. The van der Waals surface area contributed by atoms with Crippen LogP contribution in [-0.4, -0.2) is 62.1 Å². The quantitative estimate of drug-likeness (QED) is 0.825. The molecule has 0 bridgehead atoms. The van der Waals surface area contributed by atoms with Gasteiger partial charge in [-0.2, -0.15) is 0 Å². The summed E-state index contributed by atoms with van der Waals surface area (Å²) in [6, 6.07) is 7.33. The molecule has 0 saturated carbocycles. The monoisotopic (exact) mass is 359 g/mol. The van der Waals surface area contributed by atoms with Crippen molar-refractivity contribution in [2.24, 2.45) is 0 Å². The summed E-state index contributed by atoms with van der Waals surface area (Å²) in [6.07, 6.45) is 0.192. The highest BCUT2D eigenvalue weighted by molar-refractivity contribution is 5.78. The standard InChI is InChI=1S/C18H21N3O5/c22-18(19-3-4-21-5-7-23-8-6-21)11-14-10-16(26-20-14)13-1-2-15-17(9-13)25-12-24-15/h1-2,9-10H,3-8,11-12H2,(H,19,22). The van der Waals surface area contributed by atoms with E-state index in [9.17, 15) is 4.79 Å². The van der Waals surface area contributed by atoms with Crippen LogP contribution in [0.25, 0.3) is 11.3 Å². The third kappa shape index (κ3) is 3.97. The Hall–Kier alpha value is -2.58. The SMILES string of the molecule is O=C(Cc1cc(-c2ccc3c(c2)OCO3)on1)NCCN1CCOCC1. The van der Waals surface area contributed by atoms with Crippen molar-refractivity contribution in [3.63, 3.8) is 0 Å². The van der Waals surface area contributed by atoms with Crippen LogP contribution in [-0.2, 0) is 16.0 Å². The number of ether oxygens (including phenoxy) is 3. The molecule has 138 valence electrons. The fourth-order valence-corrected chi connectivity index (χ4v) is 2.99. The van der Waals surface area contributed by atoms with E-state index in [1.807, 2.05) is 18.2 Å². The largest absolute Gasteiger partial charge is 0.454 e. The van der Waals surface area contributed by atoms with Crippen molar-refractivity contribution in [1.29, 1.82) is 0 Å². The van der Waals surface area contributed by atoms with E-state index in [2.05, 4.69) is 15.4 Å². The van der Waals surface area contributed by atoms with Gasteiger partial charge in [-0.05, 0) is 18.2 Å². The number of hydrogen-bond acceptors (Lipinski definition) is 7. The molecule has 1 saturated heterocycles. The zero-order valence-corrected chi connectivity index (χ0v) is 14.4. The molecule has 1 N–H and O–H groups in total.